The van der Waals surface area contributed by atoms with Gasteiger partial charge in [-0.25, -0.2) is 0 Å². The van der Waals surface area contributed by atoms with Gasteiger partial charge in [-0.3, -0.25) is 9.59 Å². The van der Waals surface area contributed by atoms with Crippen LogP contribution < -0.4 is 10.2 Å². The minimum Gasteiger partial charge on any atom is -0.356 e. The minimum atomic E-state index is 0.116. The lowest BCUT2D eigenvalue weighted by Crippen LogP contribution is -2.35. The number of anilines is 1. The highest BCUT2D eigenvalue weighted by Gasteiger charge is 2.31. The van der Waals surface area contributed by atoms with Crippen LogP contribution in [-0.4, -0.2) is 24.9 Å². The molecule has 24 heavy (non-hydrogen) atoms. The SMILES string of the molecule is CCCC(CCC)C(=O)NCC1CC(=O)N(c2ccc(C)cc2)C1. The second kappa shape index (κ2) is 8.86. The predicted molar refractivity (Wildman–Crippen MR) is 98.0 cm³/mol. The number of rotatable bonds is 8. The Morgan fingerprint density at radius 2 is 1.83 bits per heavy atom. The molecule has 1 fully saturated rings. The van der Waals surface area contributed by atoms with Gasteiger partial charge in [0.05, 0.1) is 0 Å². The third-order valence-corrected chi connectivity index (χ3v) is 4.76. The van der Waals surface area contributed by atoms with Crippen molar-refractivity contribution in [3.05, 3.63) is 29.8 Å². The molecule has 1 atom stereocenters. The van der Waals surface area contributed by atoms with Crippen LogP contribution in [0.5, 0.6) is 0 Å². The highest BCUT2D eigenvalue weighted by atomic mass is 16.2. The van der Waals surface area contributed by atoms with E-state index >= 15 is 0 Å². The normalized spacial score (nSPS) is 17.6. The van der Waals surface area contributed by atoms with Crippen molar-refractivity contribution < 1.29 is 9.59 Å². The zero-order valence-corrected chi connectivity index (χ0v) is 15.2. The Bertz CT molecular complexity index is 547. The molecule has 1 aromatic carbocycles. The molecule has 1 aliphatic heterocycles. The van der Waals surface area contributed by atoms with Crippen molar-refractivity contribution in [3.63, 3.8) is 0 Å². The molecule has 2 rings (SSSR count). The molecule has 1 unspecified atom stereocenters. The molecule has 1 heterocycles. The molecule has 1 aromatic rings. The molecule has 4 nitrogen and oxygen atoms in total. The van der Waals surface area contributed by atoms with Gasteiger partial charge in [-0.15, -0.1) is 0 Å². The molecule has 1 saturated heterocycles. The number of hydrogen-bond acceptors (Lipinski definition) is 2. The lowest BCUT2D eigenvalue weighted by atomic mass is 9.97. The van der Waals surface area contributed by atoms with Crippen LogP contribution >= 0.6 is 0 Å². The second-order valence-corrected chi connectivity index (χ2v) is 6.93. The van der Waals surface area contributed by atoms with Crippen molar-refractivity contribution in [2.24, 2.45) is 11.8 Å². The van der Waals surface area contributed by atoms with E-state index in [4.69, 9.17) is 0 Å². The summed E-state index contributed by atoms with van der Waals surface area (Å²) in [6.07, 6.45) is 4.46. The number of amides is 2. The van der Waals surface area contributed by atoms with E-state index in [0.717, 1.165) is 31.4 Å². The molecule has 0 spiro atoms. The number of nitrogens with one attached hydrogen (secondary N) is 1. The molecule has 0 aliphatic carbocycles. The first-order valence-corrected chi connectivity index (χ1v) is 9.19. The maximum absolute atomic E-state index is 12.3. The number of carbonyl (C=O) groups is 2. The molecule has 0 aromatic heterocycles. The molecular formula is C20H30N2O2. The molecule has 0 saturated carbocycles. The Balaban J connectivity index is 1.87. The monoisotopic (exact) mass is 330 g/mol. The molecular weight excluding hydrogens is 300 g/mol. The average Bonchev–Trinajstić information content (AvgIpc) is 2.94. The van der Waals surface area contributed by atoms with E-state index in [1.165, 1.54) is 5.56 Å². The maximum atomic E-state index is 12.3. The summed E-state index contributed by atoms with van der Waals surface area (Å²) >= 11 is 0. The largest absolute Gasteiger partial charge is 0.356 e. The van der Waals surface area contributed by atoms with Crippen LogP contribution in [0.2, 0.25) is 0 Å². The number of carbonyl (C=O) groups excluding carboxylic acids is 2. The van der Waals surface area contributed by atoms with Gasteiger partial charge in [0, 0.05) is 37.0 Å². The van der Waals surface area contributed by atoms with Crippen LogP contribution in [0.15, 0.2) is 24.3 Å². The summed E-state index contributed by atoms with van der Waals surface area (Å²) in [7, 11) is 0. The first-order chi connectivity index (χ1) is 11.5. The van der Waals surface area contributed by atoms with Gasteiger partial charge in [-0.05, 0) is 31.9 Å². The van der Waals surface area contributed by atoms with Crippen LogP contribution in [0.1, 0.15) is 51.5 Å². The number of nitrogens with zero attached hydrogens (tertiary/aromatic N) is 1. The third kappa shape index (κ3) is 4.83. The van der Waals surface area contributed by atoms with Gasteiger partial charge in [-0.2, -0.15) is 0 Å². The van der Waals surface area contributed by atoms with Crippen LogP contribution in [0.4, 0.5) is 5.69 Å². The minimum absolute atomic E-state index is 0.116. The quantitative estimate of drug-likeness (QED) is 0.790. The van der Waals surface area contributed by atoms with E-state index in [-0.39, 0.29) is 23.7 Å². The highest BCUT2D eigenvalue weighted by molar-refractivity contribution is 5.95. The van der Waals surface area contributed by atoms with Gasteiger partial charge in [0.2, 0.25) is 11.8 Å². The summed E-state index contributed by atoms with van der Waals surface area (Å²) in [5, 5.41) is 3.08. The Morgan fingerprint density at radius 3 is 2.42 bits per heavy atom. The smallest absolute Gasteiger partial charge is 0.227 e. The van der Waals surface area contributed by atoms with E-state index in [2.05, 4.69) is 19.2 Å². The summed E-state index contributed by atoms with van der Waals surface area (Å²) < 4.78 is 0. The second-order valence-electron chi connectivity index (χ2n) is 6.93. The van der Waals surface area contributed by atoms with Gasteiger partial charge in [0.15, 0.2) is 0 Å². The Hall–Kier alpha value is -1.84. The standard InChI is InChI=1S/C20H30N2O2/c1-4-6-17(7-5-2)20(24)21-13-16-12-19(23)22(14-16)18-10-8-15(3)9-11-18/h8-11,16-17H,4-7,12-14H2,1-3H3,(H,21,24). The summed E-state index contributed by atoms with van der Waals surface area (Å²) in [6.45, 7) is 7.55. The van der Waals surface area contributed by atoms with Crippen molar-refractivity contribution in [2.75, 3.05) is 18.0 Å². The molecule has 4 heteroatoms. The van der Waals surface area contributed by atoms with Gasteiger partial charge >= 0.3 is 0 Å². The van der Waals surface area contributed by atoms with E-state index in [0.29, 0.717) is 19.5 Å². The van der Waals surface area contributed by atoms with Crippen molar-refractivity contribution in [2.45, 2.75) is 52.9 Å². The first-order valence-electron chi connectivity index (χ1n) is 9.19. The van der Waals surface area contributed by atoms with Crippen LogP contribution in [0.25, 0.3) is 0 Å². The van der Waals surface area contributed by atoms with E-state index in [1.807, 2.05) is 36.1 Å². The van der Waals surface area contributed by atoms with Gasteiger partial charge < -0.3 is 10.2 Å². The summed E-state index contributed by atoms with van der Waals surface area (Å²) in [5.41, 5.74) is 2.14. The van der Waals surface area contributed by atoms with Gasteiger partial charge in [-0.1, -0.05) is 44.4 Å². The molecule has 0 radical (unpaired) electrons. The zero-order chi connectivity index (χ0) is 17.5. The van der Waals surface area contributed by atoms with Crippen molar-refractivity contribution in [1.82, 2.24) is 5.32 Å². The highest BCUT2D eigenvalue weighted by Crippen LogP contribution is 2.25. The molecule has 132 valence electrons. The maximum Gasteiger partial charge on any atom is 0.227 e. The fourth-order valence-electron chi connectivity index (χ4n) is 3.39. The van der Waals surface area contributed by atoms with E-state index < -0.39 is 0 Å². The van der Waals surface area contributed by atoms with Gasteiger partial charge in [0.25, 0.3) is 0 Å². The van der Waals surface area contributed by atoms with E-state index in [9.17, 15) is 9.59 Å². The summed E-state index contributed by atoms with van der Waals surface area (Å²) in [6, 6.07) is 8.04. The van der Waals surface area contributed by atoms with Gasteiger partial charge in [0.1, 0.15) is 0 Å². The summed E-state index contributed by atoms with van der Waals surface area (Å²) in [4.78, 5) is 26.4. The number of benzene rings is 1. The lowest BCUT2D eigenvalue weighted by molar-refractivity contribution is -0.125. The Kier molecular flexibility index (Phi) is 6.83. The number of hydrogen-bond donors (Lipinski definition) is 1. The predicted octanol–water partition coefficient (Wildman–Crippen LogP) is 3.68. The van der Waals surface area contributed by atoms with Crippen molar-refractivity contribution >= 4 is 17.5 Å². The molecule has 1 N–H and O–H groups in total. The Labute approximate surface area is 145 Å². The molecule has 2 amide bonds. The van der Waals surface area contributed by atoms with Crippen LogP contribution in [-0.2, 0) is 9.59 Å². The fraction of sp³-hybridized carbons (Fsp3) is 0.600. The molecule has 1 aliphatic rings. The number of aryl methyl sites for hydroxylation is 1. The van der Waals surface area contributed by atoms with E-state index in [1.54, 1.807) is 0 Å². The first kappa shape index (κ1) is 18.5. The topological polar surface area (TPSA) is 49.4 Å². The van der Waals surface area contributed by atoms with Crippen molar-refractivity contribution in [1.29, 1.82) is 0 Å². The van der Waals surface area contributed by atoms with Crippen molar-refractivity contribution in [3.8, 4) is 0 Å². The van der Waals surface area contributed by atoms with Crippen LogP contribution in [0.3, 0.4) is 0 Å². The lowest BCUT2D eigenvalue weighted by Gasteiger charge is -2.19. The van der Waals surface area contributed by atoms with Crippen LogP contribution in [0, 0.1) is 18.8 Å². The third-order valence-electron chi connectivity index (χ3n) is 4.76. The zero-order valence-electron chi connectivity index (χ0n) is 15.2. The summed E-state index contributed by atoms with van der Waals surface area (Å²) in [5.74, 6) is 0.619. The fourth-order valence-corrected chi connectivity index (χ4v) is 3.39. The average molecular weight is 330 g/mol. The molecule has 0 bridgehead atoms. The Morgan fingerprint density at radius 1 is 1.21 bits per heavy atom.